The molecule has 3 rings (SSSR count). The number of carbonyl (C=O) groups is 1. The highest BCUT2D eigenvalue weighted by Gasteiger charge is 2.16. The third-order valence-electron chi connectivity index (χ3n) is 4.02. The second-order valence-corrected chi connectivity index (χ2v) is 5.57. The first kappa shape index (κ1) is 16.2. The number of hydrogen-bond donors (Lipinski definition) is 0. The van der Waals surface area contributed by atoms with Crippen molar-refractivity contribution in [3.05, 3.63) is 67.0 Å². The summed E-state index contributed by atoms with van der Waals surface area (Å²) in [5.41, 5.74) is 2.82. The Kier molecular flexibility index (Phi) is 5.23. The van der Waals surface area contributed by atoms with Gasteiger partial charge in [0.2, 0.25) is 0 Å². The van der Waals surface area contributed by atoms with E-state index < -0.39 is 0 Å². The number of nitrogens with zero attached hydrogens (tertiary/aromatic N) is 3. The molecule has 24 heavy (non-hydrogen) atoms. The monoisotopic (exact) mass is 323 g/mol. The van der Waals surface area contributed by atoms with Gasteiger partial charge in [0.05, 0.1) is 25.5 Å². The molecule has 1 aromatic heterocycles. The molecule has 1 aliphatic heterocycles. The summed E-state index contributed by atoms with van der Waals surface area (Å²) in [6, 6.07) is 13.7. The molecule has 0 aliphatic carbocycles. The van der Waals surface area contributed by atoms with Crippen LogP contribution in [0.1, 0.15) is 5.69 Å². The lowest BCUT2D eigenvalue weighted by Crippen LogP contribution is -2.36. The summed E-state index contributed by atoms with van der Waals surface area (Å²) < 4.78 is 5.38. The van der Waals surface area contributed by atoms with E-state index in [9.17, 15) is 4.79 Å². The molecule has 0 N–H and O–H groups in total. The van der Waals surface area contributed by atoms with Crippen LogP contribution in [0, 0.1) is 0 Å². The van der Waals surface area contributed by atoms with Crippen LogP contribution in [0.4, 0.5) is 11.4 Å². The second-order valence-electron chi connectivity index (χ2n) is 5.57. The van der Waals surface area contributed by atoms with Crippen LogP contribution in [-0.4, -0.2) is 37.2 Å². The zero-order valence-electron chi connectivity index (χ0n) is 13.6. The average Bonchev–Trinajstić information content (AvgIpc) is 2.67. The van der Waals surface area contributed by atoms with Gasteiger partial charge in [-0.15, -0.1) is 0 Å². The molecule has 1 aromatic carbocycles. The number of morpholine rings is 1. The Hall–Kier alpha value is -2.66. The molecule has 1 fully saturated rings. The number of aromatic nitrogens is 1. The SMILES string of the molecule is C=CC(=O)N(Cc1ccccn1)c1ccc(N2CCOCC2)cc1. The zero-order valence-corrected chi connectivity index (χ0v) is 13.6. The van der Waals surface area contributed by atoms with Gasteiger partial charge in [-0.25, -0.2) is 0 Å². The van der Waals surface area contributed by atoms with E-state index in [4.69, 9.17) is 4.74 Å². The molecule has 1 aliphatic rings. The van der Waals surface area contributed by atoms with Gasteiger partial charge in [0.25, 0.3) is 5.91 Å². The van der Waals surface area contributed by atoms with Crippen molar-refractivity contribution < 1.29 is 9.53 Å². The van der Waals surface area contributed by atoms with Crippen LogP contribution in [0.15, 0.2) is 61.3 Å². The molecule has 0 bridgehead atoms. The highest BCUT2D eigenvalue weighted by molar-refractivity contribution is 6.01. The molecular formula is C19H21N3O2. The van der Waals surface area contributed by atoms with Crippen molar-refractivity contribution in [2.45, 2.75) is 6.54 Å². The largest absolute Gasteiger partial charge is 0.378 e. The van der Waals surface area contributed by atoms with Gasteiger partial charge >= 0.3 is 0 Å². The molecule has 0 spiro atoms. The van der Waals surface area contributed by atoms with Gasteiger partial charge in [-0.1, -0.05) is 12.6 Å². The van der Waals surface area contributed by atoms with E-state index in [-0.39, 0.29) is 5.91 Å². The maximum atomic E-state index is 12.3. The van der Waals surface area contributed by atoms with Gasteiger partial charge in [0.1, 0.15) is 0 Å². The lowest BCUT2D eigenvalue weighted by atomic mass is 10.2. The van der Waals surface area contributed by atoms with E-state index in [2.05, 4.69) is 16.5 Å². The van der Waals surface area contributed by atoms with Crippen molar-refractivity contribution in [2.24, 2.45) is 0 Å². The number of carbonyl (C=O) groups excluding carboxylic acids is 1. The molecule has 0 saturated carbocycles. The van der Waals surface area contributed by atoms with Crippen molar-refractivity contribution in [3.8, 4) is 0 Å². The molecule has 124 valence electrons. The minimum Gasteiger partial charge on any atom is -0.378 e. The van der Waals surface area contributed by atoms with Gasteiger partial charge in [-0.3, -0.25) is 9.78 Å². The molecule has 1 amide bonds. The third kappa shape index (κ3) is 3.81. The Labute approximate surface area is 142 Å². The van der Waals surface area contributed by atoms with Gasteiger partial charge in [0.15, 0.2) is 0 Å². The van der Waals surface area contributed by atoms with Crippen LogP contribution in [0.3, 0.4) is 0 Å². The fourth-order valence-corrected chi connectivity index (χ4v) is 2.73. The lowest BCUT2D eigenvalue weighted by molar-refractivity contribution is -0.114. The molecule has 5 nitrogen and oxygen atoms in total. The minimum absolute atomic E-state index is 0.139. The Balaban J connectivity index is 1.79. The quantitative estimate of drug-likeness (QED) is 0.794. The van der Waals surface area contributed by atoms with Crippen LogP contribution in [0.25, 0.3) is 0 Å². The van der Waals surface area contributed by atoms with E-state index in [1.807, 2.05) is 42.5 Å². The standard InChI is InChI=1S/C19H21N3O2/c1-2-19(23)22(15-16-5-3-4-10-20-16)18-8-6-17(7-9-18)21-11-13-24-14-12-21/h2-10H,1,11-15H2. The maximum absolute atomic E-state index is 12.3. The third-order valence-corrected chi connectivity index (χ3v) is 4.02. The molecule has 2 heterocycles. The lowest BCUT2D eigenvalue weighted by Gasteiger charge is -2.29. The zero-order chi connectivity index (χ0) is 16.8. The summed E-state index contributed by atoms with van der Waals surface area (Å²) in [5, 5.41) is 0. The maximum Gasteiger partial charge on any atom is 0.250 e. The normalized spacial score (nSPS) is 14.2. The Morgan fingerprint density at radius 1 is 1.21 bits per heavy atom. The fourth-order valence-electron chi connectivity index (χ4n) is 2.73. The van der Waals surface area contributed by atoms with E-state index in [1.54, 1.807) is 11.1 Å². The number of rotatable bonds is 5. The highest BCUT2D eigenvalue weighted by Crippen LogP contribution is 2.23. The highest BCUT2D eigenvalue weighted by atomic mass is 16.5. The molecule has 5 heteroatoms. The molecule has 2 aromatic rings. The molecule has 1 saturated heterocycles. The molecule has 0 unspecified atom stereocenters. The van der Waals surface area contributed by atoms with Gasteiger partial charge in [-0.05, 0) is 42.5 Å². The summed E-state index contributed by atoms with van der Waals surface area (Å²) >= 11 is 0. The fraction of sp³-hybridized carbons (Fsp3) is 0.263. The number of anilines is 2. The molecular weight excluding hydrogens is 302 g/mol. The van der Waals surface area contributed by atoms with Crippen LogP contribution >= 0.6 is 0 Å². The van der Waals surface area contributed by atoms with Crippen molar-refractivity contribution >= 4 is 17.3 Å². The van der Waals surface area contributed by atoms with Crippen molar-refractivity contribution in [3.63, 3.8) is 0 Å². The van der Waals surface area contributed by atoms with Crippen LogP contribution in [-0.2, 0) is 16.1 Å². The number of pyridine rings is 1. The number of benzene rings is 1. The predicted molar refractivity (Wildman–Crippen MR) is 95.1 cm³/mol. The first-order valence-electron chi connectivity index (χ1n) is 8.04. The summed E-state index contributed by atoms with van der Waals surface area (Å²) in [5.74, 6) is -0.139. The van der Waals surface area contributed by atoms with E-state index >= 15 is 0 Å². The predicted octanol–water partition coefficient (Wildman–Crippen LogP) is 2.64. The topological polar surface area (TPSA) is 45.7 Å². The van der Waals surface area contributed by atoms with Crippen LogP contribution in [0.5, 0.6) is 0 Å². The van der Waals surface area contributed by atoms with Gasteiger partial charge in [0, 0.05) is 30.7 Å². The smallest absolute Gasteiger partial charge is 0.250 e. The van der Waals surface area contributed by atoms with Gasteiger partial charge in [-0.2, -0.15) is 0 Å². The van der Waals surface area contributed by atoms with Gasteiger partial charge < -0.3 is 14.5 Å². The first-order chi connectivity index (χ1) is 11.8. The Morgan fingerprint density at radius 3 is 2.58 bits per heavy atom. The molecule has 0 atom stereocenters. The van der Waals surface area contributed by atoms with Crippen LogP contribution < -0.4 is 9.80 Å². The number of amides is 1. The summed E-state index contributed by atoms with van der Waals surface area (Å²) in [6.07, 6.45) is 3.06. The first-order valence-corrected chi connectivity index (χ1v) is 8.04. The van der Waals surface area contributed by atoms with Crippen molar-refractivity contribution in [2.75, 3.05) is 36.1 Å². The number of ether oxygens (including phenoxy) is 1. The second kappa shape index (κ2) is 7.75. The minimum atomic E-state index is -0.139. The van der Waals surface area contributed by atoms with Crippen molar-refractivity contribution in [1.29, 1.82) is 0 Å². The van der Waals surface area contributed by atoms with E-state index in [1.165, 1.54) is 6.08 Å². The summed E-state index contributed by atoms with van der Waals surface area (Å²) in [6.45, 7) is 7.31. The Morgan fingerprint density at radius 2 is 1.96 bits per heavy atom. The summed E-state index contributed by atoms with van der Waals surface area (Å²) in [7, 11) is 0. The molecule has 0 radical (unpaired) electrons. The summed E-state index contributed by atoms with van der Waals surface area (Å²) in [4.78, 5) is 20.5. The van der Waals surface area contributed by atoms with Crippen LogP contribution in [0.2, 0.25) is 0 Å². The Bertz CT molecular complexity index is 680. The average molecular weight is 323 g/mol. The van der Waals surface area contributed by atoms with E-state index in [0.717, 1.165) is 43.4 Å². The number of hydrogen-bond acceptors (Lipinski definition) is 4. The van der Waals surface area contributed by atoms with Crippen molar-refractivity contribution in [1.82, 2.24) is 4.98 Å². The van der Waals surface area contributed by atoms with E-state index in [0.29, 0.717) is 6.54 Å².